The van der Waals surface area contributed by atoms with Crippen LogP contribution in [0.4, 0.5) is 0 Å². The van der Waals surface area contributed by atoms with Crippen molar-refractivity contribution in [1.29, 1.82) is 0 Å². The molecule has 0 unspecified atom stereocenters. The normalized spacial score (nSPS) is 16.0. The summed E-state index contributed by atoms with van der Waals surface area (Å²) in [6.07, 6.45) is 2.81. The molecule has 6 nitrogen and oxygen atoms in total. The van der Waals surface area contributed by atoms with Gasteiger partial charge in [-0.25, -0.2) is 4.98 Å². The number of hydrogen-bond acceptors (Lipinski definition) is 5. The van der Waals surface area contributed by atoms with Crippen molar-refractivity contribution < 1.29 is 9.59 Å². The maximum atomic E-state index is 12.6. The molecule has 2 aromatic rings. The van der Waals surface area contributed by atoms with Crippen LogP contribution in [-0.4, -0.2) is 58.3 Å². The van der Waals surface area contributed by atoms with E-state index in [-0.39, 0.29) is 23.0 Å². The van der Waals surface area contributed by atoms with Crippen LogP contribution in [0.15, 0.2) is 22.9 Å². The van der Waals surface area contributed by atoms with Crippen molar-refractivity contribution in [3.63, 3.8) is 0 Å². The fourth-order valence-electron chi connectivity index (χ4n) is 4.44. The summed E-state index contributed by atoms with van der Waals surface area (Å²) in [5.41, 5.74) is 3.31. The van der Waals surface area contributed by atoms with Gasteiger partial charge in [0.2, 0.25) is 5.91 Å². The van der Waals surface area contributed by atoms with Crippen LogP contribution >= 0.6 is 22.9 Å². The molecule has 2 aromatic heterocycles. The Morgan fingerprint density at radius 3 is 2.66 bits per heavy atom. The first kappa shape index (κ1) is 24.7. The highest BCUT2D eigenvalue weighted by molar-refractivity contribution is 7.07. The molecule has 1 atom stereocenters. The largest absolute Gasteiger partial charge is 0.352 e. The molecule has 0 bridgehead atoms. The van der Waals surface area contributed by atoms with Crippen LogP contribution in [0, 0.1) is 13.8 Å². The number of nitrogens with zero attached hydrogens (tertiary/aromatic N) is 3. The minimum atomic E-state index is -0.170. The van der Waals surface area contributed by atoms with E-state index < -0.39 is 0 Å². The van der Waals surface area contributed by atoms with Gasteiger partial charge >= 0.3 is 0 Å². The highest BCUT2D eigenvalue weighted by Crippen LogP contribution is 2.22. The van der Waals surface area contributed by atoms with Crippen LogP contribution in [0.5, 0.6) is 0 Å². The molecule has 0 saturated carbocycles. The van der Waals surface area contributed by atoms with Crippen LogP contribution < -0.4 is 5.32 Å². The Bertz CT molecular complexity index is 903. The van der Waals surface area contributed by atoms with Crippen molar-refractivity contribution in [3.8, 4) is 0 Å². The monoisotopic (exact) mass is 476 g/mol. The summed E-state index contributed by atoms with van der Waals surface area (Å²) < 4.78 is 0. The van der Waals surface area contributed by atoms with Crippen LogP contribution in [0.1, 0.15) is 60.3 Å². The molecule has 1 saturated heterocycles. The number of aryl methyl sites for hydroxylation is 2. The predicted octanol–water partition coefficient (Wildman–Crippen LogP) is 4.43. The number of thiophene rings is 1. The second-order valence-corrected chi connectivity index (χ2v) is 9.82. The molecule has 1 fully saturated rings. The maximum absolute atomic E-state index is 12.6. The van der Waals surface area contributed by atoms with Gasteiger partial charge < -0.3 is 15.1 Å². The SMILES string of the molecule is CC(=O)N(Cc1ccsc1)C1CCN([C@H](C)CCNC(=O)c2c(C)cc(C)nc2Cl)CC1. The van der Waals surface area contributed by atoms with Crippen LogP contribution in [0.3, 0.4) is 0 Å². The minimum Gasteiger partial charge on any atom is -0.352 e. The minimum absolute atomic E-state index is 0.143. The fraction of sp³-hybridized carbons (Fsp3) is 0.542. The number of nitrogens with one attached hydrogen (secondary N) is 1. The predicted molar refractivity (Wildman–Crippen MR) is 130 cm³/mol. The lowest BCUT2D eigenvalue weighted by atomic mass is 10.00. The van der Waals surface area contributed by atoms with Crippen molar-refractivity contribution in [2.24, 2.45) is 0 Å². The number of piperidine rings is 1. The molecule has 2 amide bonds. The van der Waals surface area contributed by atoms with E-state index in [4.69, 9.17) is 11.6 Å². The van der Waals surface area contributed by atoms with Gasteiger partial charge in [0.1, 0.15) is 5.15 Å². The van der Waals surface area contributed by atoms with E-state index in [0.29, 0.717) is 24.7 Å². The second kappa shape index (κ2) is 11.3. The summed E-state index contributed by atoms with van der Waals surface area (Å²) in [5.74, 6) is -0.0265. The van der Waals surface area contributed by atoms with Crippen molar-refractivity contribution in [1.82, 2.24) is 20.1 Å². The van der Waals surface area contributed by atoms with E-state index in [1.54, 1.807) is 18.3 Å². The highest BCUT2D eigenvalue weighted by Gasteiger charge is 2.28. The summed E-state index contributed by atoms with van der Waals surface area (Å²) in [6, 6.07) is 4.60. The van der Waals surface area contributed by atoms with Gasteiger partial charge in [-0.1, -0.05) is 11.6 Å². The van der Waals surface area contributed by atoms with Crippen molar-refractivity contribution >= 4 is 34.8 Å². The number of amides is 2. The number of aromatic nitrogens is 1. The van der Waals surface area contributed by atoms with E-state index >= 15 is 0 Å². The van der Waals surface area contributed by atoms with Crippen molar-refractivity contribution in [3.05, 3.63) is 50.4 Å². The van der Waals surface area contributed by atoms with E-state index in [2.05, 4.69) is 39.0 Å². The first-order chi connectivity index (χ1) is 15.3. The van der Waals surface area contributed by atoms with E-state index in [0.717, 1.165) is 43.6 Å². The lowest BCUT2D eigenvalue weighted by Crippen LogP contribution is -2.49. The first-order valence-electron chi connectivity index (χ1n) is 11.2. The number of carbonyl (C=O) groups excluding carboxylic acids is 2. The molecule has 0 spiro atoms. The molecule has 32 heavy (non-hydrogen) atoms. The van der Waals surface area contributed by atoms with Crippen LogP contribution in [0.2, 0.25) is 5.15 Å². The molecule has 3 heterocycles. The highest BCUT2D eigenvalue weighted by atomic mass is 35.5. The van der Waals surface area contributed by atoms with Gasteiger partial charge in [0, 0.05) is 50.9 Å². The average molecular weight is 477 g/mol. The lowest BCUT2D eigenvalue weighted by Gasteiger charge is -2.40. The zero-order valence-corrected chi connectivity index (χ0v) is 20.9. The quantitative estimate of drug-likeness (QED) is 0.572. The third-order valence-electron chi connectivity index (χ3n) is 6.28. The lowest BCUT2D eigenvalue weighted by molar-refractivity contribution is -0.133. The molecule has 1 N–H and O–H groups in total. The summed E-state index contributed by atoms with van der Waals surface area (Å²) in [6.45, 7) is 10.8. The Labute approximate surface area is 200 Å². The molecule has 1 aliphatic heterocycles. The van der Waals surface area contributed by atoms with Gasteiger partial charge in [-0.05, 0) is 74.1 Å². The Morgan fingerprint density at radius 2 is 2.06 bits per heavy atom. The molecule has 1 aliphatic rings. The number of halogens is 1. The molecule has 8 heteroatoms. The van der Waals surface area contributed by atoms with Gasteiger partial charge in [0.15, 0.2) is 0 Å². The standard InChI is InChI=1S/C24H33ClN4O2S/c1-16-13-17(2)27-23(25)22(16)24(31)26-9-5-18(3)28-10-6-21(7-11-28)29(19(4)30)14-20-8-12-32-15-20/h8,12-13,15,18,21H,5-7,9-11,14H2,1-4H3,(H,26,31)/t18-/m1/s1. The molecular weight excluding hydrogens is 444 g/mol. The molecule has 3 rings (SSSR count). The second-order valence-electron chi connectivity index (χ2n) is 8.69. The Hall–Kier alpha value is -1.96. The number of pyridine rings is 1. The molecule has 0 aliphatic carbocycles. The third-order valence-corrected chi connectivity index (χ3v) is 7.28. The zero-order chi connectivity index (χ0) is 23.3. The molecule has 174 valence electrons. The zero-order valence-electron chi connectivity index (χ0n) is 19.4. The van der Waals surface area contributed by atoms with Gasteiger partial charge in [-0.15, -0.1) is 0 Å². The smallest absolute Gasteiger partial charge is 0.254 e. The summed E-state index contributed by atoms with van der Waals surface area (Å²) in [4.78, 5) is 33.5. The Morgan fingerprint density at radius 1 is 1.34 bits per heavy atom. The average Bonchev–Trinajstić information content (AvgIpc) is 3.24. The van der Waals surface area contributed by atoms with Gasteiger partial charge in [-0.2, -0.15) is 11.3 Å². The van der Waals surface area contributed by atoms with Gasteiger partial charge in [0.05, 0.1) is 5.56 Å². The van der Waals surface area contributed by atoms with Crippen molar-refractivity contribution in [2.45, 2.75) is 65.6 Å². The topological polar surface area (TPSA) is 65.5 Å². The van der Waals surface area contributed by atoms with Crippen LogP contribution in [0.25, 0.3) is 0 Å². The number of rotatable bonds is 8. The fourth-order valence-corrected chi connectivity index (χ4v) is 5.47. The number of carbonyl (C=O) groups is 2. The van der Waals surface area contributed by atoms with E-state index in [1.807, 2.05) is 24.8 Å². The third kappa shape index (κ3) is 6.30. The first-order valence-corrected chi connectivity index (χ1v) is 12.5. The molecule has 0 aromatic carbocycles. The van der Waals surface area contributed by atoms with E-state index in [1.165, 1.54) is 5.56 Å². The number of likely N-dealkylation sites (tertiary alicyclic amines) is 1. The molecular formula is C24H33ClN4O2S. The van der Waals surface area contributed by atoms with Gasteiger partial charge in [-0.3, -0.25) is 9.59 Å². The summed E-state index contributed by atoms with van der Waals surface area (Å²) in [5, 5.41) is 7.42. The Kier molecular flexibility index (Phi) is 8.68. The van der Waals surface area contributed by atoms with Gasteiger partial charge in [0.25, 0.3) is 5.91 Å². The maximum Gasteiger partial charge on any atom is 0.254 e. The summed E-state index contributed by atoms with van der Waals surface area (Å²) >= 11 is 7.86. The van der Waals surface area contributed by atoms with Crippen molar-refractivity contribution in [2.75, 3.05) is 19.6 Å². The molecule has 0 radical (unpaired) electrons. The summed E-state index contributed by atoms with van der Waals surface area (Å²) in [7, 11) is 0. The van der Waals surface area contributed by atoms with Crippen LogP contribution in [-0.2, 0) is 11.3 Å². The number of hydrogen-bond donors (Lipinski definition) is 1. The Balaban J connectivity index is 1.46. The van der Waals surface area contributed by atoms with E-state index in [9.17, 15) is 9.59 Å².